The van der Waals surface area contributed by atoms with Crippen LogP contribution in [-0.4, -0.2) is 35.8 Å². The second kappa shape index (κ2) is 9.68. The molecule has 0 radical (unpaired) electrons. The molecule has 1 aromatic carbocycles. The van der Waals surface area contributed by atoms with Crippen molar-refractivity contribution in [1.82, 2.24) is 10.6 Å². The standard InChI is InChI=1S/C18H24N2O3S2/c1-4-22-14-9-7-6-8-13(14)16-15(12(3)19-18(24)20-16)17(21)23-10-11-25-5-2/h6-9,15-16H,3-5,10-11H2,1-2H3,(H2,19,20,24)/t15-,16+/m0/s1. The molecule has 2 N–H and O–H groups in total. The van der Waals surface area contributed by atoms with Crippen molar-refractivity contribution in [2.75, 3.05) is 24.7 Å². The molecule has 136 valence electrons. The van der Waals surface area contributed by atoms with Crippen LogP contribution in [0.15, 0.2) is 36.5 Å². The Bertz CT molecular complexity index is 637. The average Bonchev–Trinajstić information content (AvgIpc) is 2.58. The summed E-state index contributed by atoms with van der Waals surface area (Å²) >= 11 is 6.98. The zero-order valence-corrected chi connectivity index (χ0v) is 16.2. The molecule has 0 aromatic heterocycles. The first kappa shape index (κ1) is 19.6. The predicted octanol–water partition coefficient (Wildman–Crippen LogP) is 3.03. The molecule has 2 rings (SSSR count). The van der Waals surface area contributed by atoms with Crippen molar-refractivity contribution in [2.24, 2.45) is 5.92 Å². The molecule has 0 bridgehead atoms. The van der Waals surface area contributed by atoms with Crippen molar-refractivity contribution >= 4 is 35.1 Å². The van der Waals surface area contributed by atoms with Crippen LogP contribution in [0.3, 0.4) is 0 Å². The minimum atomic E-state index is -0.583. The van der Waals surface area contributed by atoms with Crippen LogP contribution in [0.25, 0.3) is 0 Å². The number of hydrogen-bond donors (Lipinski definition) is 2. The molecule has 0 saturated carbocycles. The van der Waals surface area contributed by atoms with Gasteiger partial charge >= 0.3 is 5.97 Å². The monoisotopic (exact) mass is 380 g/mol. The summed E-state index contributed by atoms with van der Waals surface area (Å²) in [6.07, 6.45) is 0. The molecule has 0 amide bonds. The number of thiocarbonyl (C=S) groups is 1. The Morgan fingerprint density at radius 1 is 1.36 bits per heavy atom. The number of benzene rings is 1. The molecule has 25 heavy (non-hydrogen) atoms. The summed E-state index contributed by atoms with van der Waals surface area (Å²) in [4.78, 5) is 12.7. The number of carbonyl (C=O) groups excluding carboxylic acids is 1. The molecule has 2 atom stereocenters. The normalized spacial score (nSPS) is 19.8. The van der Waals surface area contributed by atoms with Crippen LogP contribution in [0.4, 0.5) is 0 Å². The van der Waals surface area contributed by atoms with Gasteiger partial charge < -0.3 is 20.1 Å². The number of thioether (sulfide) groups is 1. The Kier molecular flexibility index (Phi) is 7.58. The lowest BCUT2D eigenvalue weighted by Crippen LogP contribution is -2.51. The van der Waals surface area contributed by atoms with Gasteiger partial charge in [-0.05, 0) is 31.0 Å². The van der Waals surface area contributed by atoms with E-state index in [0.29, 0.717) is 24.0 Å². The third kappa shape index (κ3) is 5.12. The average molecular weight is 381 g/mol. The third-order valence-corrected chi connectivity index (χ3v) is 4.84. The maximum atomic E-state index is 12.7. The number of ether oxygens (including phenoxy) is 2. The van der Waals surface area contributed by atoms with Crippen molar-refractivity contribution in [1.29, 1.82) is 0 Å². The fourth-order valence-electron chi connectivity index (χ4n) is 2.68. The molecule has 7 heteroatoms. The molecule has 1 heterocycles. The van der Waals surface area contributed by atoms with Gasteiger partial charge in [-0.2, -0.15) is 11.8 Å². The van der Waals surface area contributed by atoms with Crippen molar-refractivity contribution < 1.29 is 14.3 Å². The molecule has 1 aliphatic heterocycles. The Morgan fingerprint density at radius 2 is 2.12 bits per heavy atom. The highest BCUT2D eigenvalue weighted by atomic mass is 32.2. The van der Waals surface area contributed by atoms with Crippen LogP contribution in [-0.2, 0) is 9.53 Å². The number of para-hydroxylation sites is 1. The van der Waals surface area contributed by atoms with E-state index in [0.717, 1.165) is 22.8 Å². The lowest BCUT2D eigenvalue weighted by Gasteiger charge is -2.35. The largest absolute Gasteiger partial charge is 0.494 e. The van der Waals surface area contributed by atoms with Gasteiger partial charge in [-0.25, -0.2) is 0 Å². The van der Waals surface area contributed by atoms with Crippen molar-refractivity contribution in [3.05, 3.63) is 42.1 Å². The molecule has 1 aliphatic rings. The van der Waals surface area contributed by atoms with Gasteiger partial charge in [-0.3, -0.25) is 4.79 Å². The highest BCUT2D eigenvalue weighted by molar-refractivity contribution is 7.99. The molecular weight excluding hydrogens is 356 g/mol. The molecule has 5 nitrogen and oxygen atoms in total. The van der Waals surface area contributed by atoms with E-state index < -0.39 is 5.92 Å². The topological polar surface area (TPSA) is 59.6 Å². The van der Waals surface area contributed by atoms with Crippen molar-refractivity contribution in [2.45, 2.75) is 19.9 Å². The van der Waals surface area contributed by atoms with Crippen LogP contribution < -0.4 is 15.4 Å². The predicted molar refractivity (Wildman–Crippen MR) is 106 cm³/mol. The summed E-state index contributed by atoms with van der Waals surface area (Å²) in [5.74, 6) is 1.59. The highest BCUT2D eigenvalue weighted by Crippen LogP contribution is 2.35. The van der Waals surface area contributed by atoms with E-state index in [1.54, 1.807) is 11.8 Å². The second-order valence-corrected chi connectivity index (χ2v) is 7.22. The summed E-state index contributed by atoms with van der Waals surface area (Å²) < 4.78 is 11.2. The molecule has 1 aromatic rings. The van der Waals surface area contributed by atoms with Crippen LogP contribution in [0.5, 0.6) is 5.75 Å². The Balaban J connectivity index is 2.24. The van der Waals surface area contributed by atoms with E-state index in [-0.39, 0.29) is 12.0 Å². The second-order valence-electron chi connectivity index (χ2n) is 5.41. The molecular formula is C18H24N2O3S2. The van der Waals surface area contributed by atoms with Crippen molar-refractivity contribution in [3.63, 3.8) is 0 Å². The fraction of sp³-hybridized carbons (Fsp3) is 0.444. The van der Waals surface area contributed by atoms with E-state index in [1.807, 2.05) is 31.2 Å². The lowest BCUT2D eigenvalue weighted by atomic mass is 9.88. The minimum absolute atomic E-state index is 0.319. The zero-order valence-electron chi connectivity index (χ0n) is 14.5. The first-order valence-corrected chi connectivity index (χ1v) is 9.87. The Hall–Kier alpha value is -1.73. The smallest absolute Gasteiger partial charge is 0.317 e. The summed E-state index contributed by atoms with van der Waals surface area (Å²) in [7, 11) is 0. The van der Waals surface area contributed by atoms with Crippen LogP contribution >= 0.6 is 24.0 Å². The van der Waals surface area contributed by atoms with Crippen LogP contribution in [0.1, 0.15) is 25.5 Å². The minimum Gasteiger partial charge on any atom is -0.494 e. The van der Waals surface area contributed by atoms with E-state index >= 15 is 0 Å². The lowest BCUT2D eigenvalue weighted by molar-refractivity contribution is -0.147. The van der Waals surface area contributed by atoms with Gasteiger partial charge in [0.15, 0.2) is 5.11 Å². The van der Waals surface area contributed by atoms with Gasteiger partial charge in [0, 0.05) is 17.0 Å². The number of rotatable bonds is 8. The van der Waals surface area contributed by atoms with E-state index in [1.165, 1.54) is 0 Å². The van der Waals surface area contributed by atoms with Crippen LogP contribution in [0, 0.1) is 5.92 Å². The van der Waals surface area contributed by atoms with E-state index in [4.69, 9.17) is 21.7 Å². The molecule has 0 aliphatic carbocycles. The summed E-state index contributed by atoms with van der Waals surface area (Å²) in [5.41, 5.74) is 1.40. The maximum Gasteiger partial charge on any atom is 0.317 e. The van der Waals surface area contributed by atoms with E-state index in [9.17, 15) is 4.79 Å². The van der Waals surface area contributed by atoms with Gasteiger partial charge in [-0.15, -0.1) is 0 Å². The van der Waals surface area contributed by atoms with Gasteiger partial charge in [0.2, 0.25) is 0 Å². The number of carbonyl (C=O) groups is 1. The SMILES string of the molecule is C=C1NC(=S)N[C@H](c2ccccc2OCC)[C@H]1C(=O)OCCSCC. The Labute approximate surface area is 158 Å². The fourth-order valence-corrected chi connectivity index (χ4v) is 3.43. The van der Waals surface area contributed by atoms with Crippen molar-refractivity contribution in [3.8, 4) is 5.75 Å². The number of hydrogen-bond acceptors (Lipinski definition) is 5. The van der Waals surface area contributed by atoms with Gasteiger partial charge in [0.25, 0.3) is 0 Å². The summed E-state index contributed by atoms with van der Waals surface area (Å²) in [6.45, 7) is 8.89. The first-order chi connectivity index (χ1) is 12.1. The van der Waals surface area contributed by atoms with Crippen LogP contribution in [0.2, 0.25) is 0 Å². The van der Waals surface area contributed by atoms with E-state index in [2.05, 4.69) is 24.1 Å². The molecule has 1 saturated heterocycles. The van der Waals surface area contributed by atoms with Gasteiger partial charge in [0.1, 0.15) is 18.3 Å². The molecule has 1 fully saturated rings. The maximum absolute atomic E-state index is 12.7. The quantitative estimate of drug-likeness (QED) is 0.408. The van der Waals surface area contributed by atoms with Gasteiger partial charge in [-0.1, -0.05) is 31.7 Å². The third-order valence-electron chi connectivity index (χ3n) is 3.75. The summed E-state index contributed by atoms with van der Waals surface area (Å²) in [5, 5.41) is 6.55. The first-order valence-electron chi connectivity index (χ1n) is 8.30. The summed E-state index contributed by atoms with van der Waals surface area (Å²) in [6, 6.07) is 7.24. The number of esters is 1. The zero-order chi connectivity index (χ0) is 18.2. The van der Waals surface area contributed by atoms with Gasteiger partial charge in [0.05, 0.1) is 12.6 Å². The molecule has 0 unspecified atom stereocenters. The highest BCUT2D eigenvalue weighted by Gasteiger charge is 2.39. The number of nitrogens with one attached hydrogen (secondary N) is 2. The Morgan fingerprint density at radius 3 is 2.84 bits per heavy atom. The molecule has 0 spiro atoms.